The van der Waals surface area contributed by atoms with Gasteiger partial charge in [0.15, 0.2) is 12.4 Å². The van der Waals surface area contributed by atoms with E-state index in [-0.39, 0.29) is 11.2 Å². The molecule has 3 rings (SSSR count). The third kappa shape index (κ3) is 1.79. The quantitative estimate of drug-likeness (QED) is 0.377. The molecule has 1 saturated heterocycles. The number of fused-ring (bicyclic) bond motifs is 1. The zero-order chi connectivity index (χ0) is 13.6. The molecule has 1 aromatic rings. The number of ether oxygens (including phenoxy) is 1. The molecule has 0 amide bonds. The van der Waals surface area contributed by atoms with Gasteiger partial charge in [-0.3, -0.25) is 4.79 Å². The summed E-state index contributed by atoms with van der Waals surface area (Å²) in [6, 6.07) is 0. The van der Waals surface area contributed by atoms with Crippen LogP contribution in [0.15, 0.2) is 16.1 Å². The first-order chi connectivity index (χ1) is 9.13. The van der Waals surface area contributed by atoms with Crippen molar-refractivity contribution in [2.24, 2.45) is 4.99 Å². The lowest BCUT2D eigenvalue weighted by Crippen LogP contribution is -3.11. The molecule has 0 spiro atoms. The number of H-pyrrole nitrogens is 1. The normalized spacial score (nSPS) is 36.7. The van der Waals surface area contributed by atoms with Gasteiger partial charge in [-0.15, -0.1) is 0 Å². The lowest BCUT2D eigenvalue weighted by Gasteiger charge is -2.18. The number of aromatic amines is 1. The predicted octanol–water partition coefficient (Wildman–Crippen LogP) is -3.60. The van der Waals surface area contributed by atoms with E-state index in [2.05, 4.69) is 15.0 Å². The summed E-state index contributed by atoms with van der Waals surface area (Å²) in [5.74, 6) is 0.318. The number of aliphatic hydroxyl groups excluding tert-OH is 3. The summed E-state index contributed by atoms with van der Waals surface area (Å²) in [5, 5.41) is 28.7. The second kappa shape index (κ2) is 4.47. The van der Waals surface area contributed by atoms with Crippen molar-refractivity contribution in [2.75, 3.05) is 6.61 Å². The average Bonchev–Trinajstić information content (AvgIpc) is 2.94. The summed E-state index contributed by atoms with van der Waals surface area (Å²) in [4.78, 5) is 22.3. The van der Waals surface area contributed by atoms with Crippen LogP contribution in [-0.2, 0) is 4.74 Å². The number of quaternary nitrogens is 1. The molecule has 9 nitrogen and oxygen atoms in total. The van der Waals surface area contributed by atoms with Crippen LogP contribution in [0.2, 0.25) is 0 Å². The van der Waals surface area contributed by atoms with Crippen LogP contribution in [0.3, 0.4) is 0 Å². The van der Waals surface area contributed by atoms with Crippen molar-refractivity contribution in [1.82, 2.24) is 9.97 Å². The fourth-order valence-corrected chi connectivity index (χ4v) is 2.28. The van der Waals surface area contributed by atoms with Crippen LogP contribution in [-0.4, -0.2) is 62.8 Å². The Hall–Kier alpha value is -1.65. The van der Waals surface area contributed by atoms with E-state index in [0.717, 1.165) is 0 Å². The minimum atomic E-state index is -1.20. The van der Waals surface area contributed by atoms with Crippen molar-refractivity contribution < 1.29 is 25.0 Å². The van der Waals surface area contributed by atoms with Crippen LogP contribution in [0.4, 0.5) is 11.5 Å². The van der Waals surface area contributed by atoms with E-state index in [0.29, 0.717) is 10.7 Å². The molecule has 0 bridgehead atoms. The zero-order valence-corrected chi connectivity index (χ0v) is 9.72. The first-order valence-electron chi connectivity index (χ1n) is 5.75. The highest BCUT2D eigenvalue weighted by molar-refractivity contribution is 5.68. The van der Waals surface area contributed by atoms with E-state index < -0.39 is 31.1 Å². The molecule has 0 aromatic carbocycles. The summed E-state index contributed by atoms with van der Waals surface area (Å²) in [5.41, 5.74) is -0.238. The Morgan fingerprint density at radius 1 is 1.42 bits per heavy atom. The van der Waals surface area contributed by atoms with Gasteiger partial charge in [0.1, 0.15) is 18.5 Å². The molecule has 5 atom stereocenters. The Bertz CT molecular complexity index is 573. The molecule has 0 radical (unpaired) electrons. The van der Waals surface area contributed by atoms with Crippen molar-refractivity contribution in [3.8, 4) is 0 Å². The van der Waals surface area contributed by atoms with Crippen molar-refractivity contribution in [2.45, 2.75) is 24.5 Å². The molecule has 0 aliphatic carbocycles. The number of nitrogens with one attached hydrogen (secondary N) is 2. The van der Waals surface area contributed by atoms with Crippen LogP contribution in [0.25, 0.3) is 0 Å². The highest BCUT2D eigenvalue weighted by atomic mass is 16.6. The molecule has 0 saturated carbocycles. The number of hydrogen-bond acceptors (Lipinski definition) is 7. The monoisotopic (exact) mass is 269 g/mol. The van der Waals surface area contributed by atoms with Gasteiger partial charge in [-0.1, -0.05) is 0 Å². The molecule has 1 unspecified atom stereocenters. The third-order valence-electron chi connectivity index (χ3n) is 3.28. The smallest absolute Gasteiger partial charge is 0.283 e. The zero-order valence-electron chi connectivity index (χ0n) is 9.72. The highest BCUT2D eigenvalue weighted by Gasteiger charge is 2.50. The van der Waals surface area contributed by atoms with Gasteiger partial charge in [-0.25, -0.2) is 4.90 Å². The van der Waals surface area contributed by atoms with E-state index >= 15 is 0 Å². The standard InChI is InChI=1S/C10H12N4O5/c15-1-4-6(16)7(17)10(19-4)14-3-13-5-8(14)11-2-12-9(5)18/h2-4,6-7,10,15-17H,1H2,(H,11,12,18)/p+1/t4-,6-,7-,10-/m1/s1. The van der Waals surface area contributed by atoms with Gasteiger partial charge < -0.3 is 25.0 Å². The van der Waals surface area contributed by atoms with Gasteiger partial charge in [0.25, 0.3) is 11.4 Å². The first-order valence-corrected chi connectivity index (χ1v) is 5.75. The SMILES string of the molecule is O=c1[nH]cnc2c1N=C[NH+]2[C@@H]1O[C@H](CO)[C@@H](O)[C@H]1O. The van der Waals surface area contributed by atoms with E-state index in [1.165, 1.54) is 12.7 Å². The van der Waals surface area contributed by atoms with Crippen LogP contribution in [0, 0.1) is 0 Å². The van der Waals surface area contributed by atoms with E-state index in [9.17, 15) is 15.0 Å². The lowest BCUT2D eigenvalue weighted by molar-refractivity contribution is -0.792. The Morgan fingerprint density at radius 3 is 2.89 bits per heavy atom. The number of aliphatic hydroxyl groups is 3. The Kier molecular flexibility index (Phi) is 2.92. The lowest BCUT2D eigenvalue weighted by atomic mass is 10.1. The van der Waals surface area contributed by atoms with Crippen molar-refractivity contribution >= 4 is 17.8 Å². The van der Waals surface area contributed by atoms with Crippen LogP contribution in [0.1, 0.15) is 0 Å². The number of aliphatic imine (C=N–C) groups is 1. The summed E-state index contributed by atoms with van der Waals surface area (Å²) < 4.78 is 5.39. The van der Waals surface area contributed by atoms with Crippen molar-refractivity contribution in [3.63, 3.8) is 0 Å². The second-order valence-electron chi connectivity index (χ2n) is 4.40. The molecule has 2 aliphatic rings. The molecule has 3 heterocycles. The molecular formula is C10H13N4O5+. The second-order valence-corrected chi connectivity index (χ2v) is 4.40. The molecule has 1 fully saturated rings. The number of hydrogen-bond donors (Lipinski definition) is 5. The fraction of sp³-hybridized carbons (Fsp3) is 0.500. The Morgan fingerprint density at radius 2 is 2.21 bits per heavy atom. The highest BCUT2D eigenvalue weighted by Crippen LogP contribution is 2.21. The van der Waals surface area contributed by atoms with E-state index in [1.807, 2.05) is 0 Å². The van der Waals surface area contributed by atoms with Gasteiger partial charge in [-0.2, -0.15) is 9.98 Å². The minimum Gasteiger partial charge on any atom is -0.394 e. The van der Waals surface area contributed by atoms with Gasteiger partial charge in [0, 0.05) is 0 Å². The number of aromatic nitrogens is 2. The average molecular weight is 269 g/mol. The topological polar surface area (TPSA) is 132 Å². The predicted molar refractivity (Wildman–Crippen MR) is 61.4 cm³/mol. The van der Waals surface area contributed by atoms with E-state index in [4.69, 9.17) is 9.84 Å². The van der Waals surface area contributed by atoms with Crippen molar-refractivity contribution in [3.05, 3.63) is 16.7 Å². The molecule has 19 heavy (non-hydrogen) atoms. The van der Waals surface area contributed by atoms with Gasteiger partial charge in [0.05, 0.1) is 6.61 Å². The Labute approximate surface area is 106 Å². The maximum atomic E-state index is 11.5. The number of nitrogens with zero attached hydrogens (tertiary/aromatic N) is 2. The van der Waals surface area contributed by atoms with Crippen LogP contribution in [0.5, 0.6) is 0 Å². The Balaban J connectivity index is 1.93. The minimum absolute atomic E-state index is 0.148. The van der Waals surface area contributed by atoms with Crippen LogP contribution >= 0.6 is 0 Å². The largest absolute Gasteiger partial charge is 0.394 e. The summed E-state index contributed by atoms with van der Waals surface area (Å²) in [7, 11) is 0. The number of rotatable bonds is 2. The molecule has 2 aliphatic heterocycles. The molecule has 1 aromatic heterocycles. The van der Waals surface area contributed by atoms with Crippen LogP contribution < -0.4 is 10.5 Å². The van der Waals surface area contributed by atoms with E-state index in [1.54, 1.807) is 0 Å². The molecule has 5 N–H and O–H groups in total. The van der Waals surface area contributed by atoms with Gasteiger partial charge in [0.2, 0.25) is 11.9 Å². The van der Waals surface area contributed by atoms with Crippen molar-refractivity contribution in [1.29, 1.82) is 0 Å². The molecule has 102 valence electrons. The van der Waals surface area contributed by atoms with Gasteiger partial charge in [-0.05, 0) is 0 Å². The summed E-state index contributed by atoms with van der Waals surface area (Å²) in [6.45, 7) is -0.408. The first kappa shape index (κ1) is 12.4. The molecular weight excluding hydrogens is 256 g/mol. The van der Waals surface area contributed by atoms with Gasteiger partial charge >= 0.3 is 0 Å². The third-order valence-corrected chi connectivity index (χ3v) is 3.28. The summed E-state index contributed by atoms with van der Waals surface area (Å²) >= 11 is 0. The fourth-order valence-electron chi connectivity index (χ4n) is 2.28. The maximum absolute atomic E-state index is 11.5. The molecule has 9 heteroatoms. The maximum Gasteiger partial charge on any atom is 0.283 e. The summed E-state index contributed by atoms with van der Waals surface area (Å²) in [6.07, 6.45) is -1.52.